The Kier molecular flexibility index (Phi) is 9.35. The summed E-state index contributed by atoms with van der Waals surface area (Å²) >= 11 is 0. The molecular formula is C15H25F3N4O3. The quantitative estimate of drug-likeness (QED) is 0.219. The molecule has 0 spiro atoms. The first-order valence-electron chi connectivity index (χ1n) is 7.98. The van der Waals surface area contributed by atoms with Crippen molar-refractivity contribution in [3.05, 3.63) is 17.7 Å². The summed E-state index contributed by atoms with van der Waals surface area (Å²) in [4.78, 5) is 0. The lowest BCUT2D eigenvalue weighted by molar-refractivity contribution is -0.138. The van der Waals surface area contributed by atoms with E-state index in [1.54, 1.807) is 5.48 Å². The van der Waals surface area contributed by atoms with Gasteiger partial charge in [0.05, 0.1) is 18.8 Å². The molecule has 0 aliphatic carbocycles. The molecule has 0 saturated carbocycles. The van der Waals surface area contributed by atoms with Gasteiger partial charge in [-0.1, -0.05) is 0 Å². The van der Waals surface area contributed by atoms with E-state index < -0.39 is 11.7 Å². The average Bonchev–Trinajstić information content (AvgIpc) is 2.57. The molecule has 0 radical (unpaired) electrons. The number of hydrogen-bond donors (Lipinski definition) is 5. The number of alkyl halides is 3. The molecule has 7 N–H and O–H groups in total. The fourth-order valence-electron chi connectivity index (χ4n) is 2.05. The smallest absolute Gasteiger partial charge is 0.420 e. The molecule has 7 nitrogen and oxygen atoms in total. The molecule has 10 heteroatoms. The number of ether oxygens (including phenoxy) is 2. The second kappa shape index (κ2) is 11.0. The molecule has 0 saturated heterocycles. The molecule has 1 aromatic rings. The van der Waals surface area contributed by atoms with Crippen LogP contribution >= 0.6 is 0 Å². The predicted octanol–water partition coefficient (Wildman–Crippen LogP) is 2.25. The summed E-state index contributed by atoms with van der Waals surface area (Å²) in [6.07, 6.45) is -2.06. The highest BCUT2D eigenvalue weighted by molar-refractivity contribution is 5.61. The highest BCUT2D eigenvalue weighted by atomic mass is 19.4. The van der Waals surface area contributed by atoms with Crippen LogP contribution < -0.4 is 32.0 Å². The van der Waals surface area contributed by atoms with Crippen molar-refractivity contribution in [2.45, 2.75) is 31.9 Å². The Labute approximate surface area is 144 Å². The number of rotatable bonds is 12. The van der Waals surface area contributed by atoms with Crippen molar-refractivity contribution in [3.8, 4) is 11.5 Å². The van der Waals surface area contributed by atoms with Gasteiger partial charge in [-0.25, -0.2) is 0 Å². The summed E-state index contributed by atoms with van der Waals surface area (Å²) in [5.41, 5.74) is 8.40. The maximum absolute atomic E-state index is 13.2. The van der Waals surface area contributed by atoms with Crippen LogP contribution in [0.5, 0.6) is 11.5 Å². The van der Waals surface area contributed by atoms with Gasteiger partial charge in [0.2, 0.25) is 0 Å². The van der Waals surface area contributed by atoms with Crippen LogP contribution in [-0.2, 0) is 6.18 Å². The van der Waals surface area contributed by atoms with Crippen molar-refractivity contribution >= 4 is 5.69 Å². The largest absolute Gasteiger partial charge is 0.493 e. The Morgan fingerprint density at radius 3 is 2.20 bits per heavy atom. The minimum atomic E-state index is -4.63. The zero-order chi connectivity index (χ0) is 18.7. The van der Waals surface area contributed by atoms with E-state index in [-0.39, 0.29) is 30.4 Å². The van der Waals surface area contributed by atoms with Crippen LogP contribution in [0.2, 0.25) is 0 Å². The highest BCUT2D eigenvalue weighted by Gasteiger charge is 2.35. The predicted molar refractivity (Wildman–Crippen MR) is 87.6 cm³/mol. The zero-order valence-corrected chi connectivity index (χ0v) is 13.9. The molecule has 0 aliphatic heterocycles. The van der Waals surface area contributed by atoms with Crippen LogP contribution in [-0.4, -0.2) is 31.5 Å². The fraction of sp³-hybridized carbons (Fsp3) is 0.600. The van der Waals surface area contributed by atoms with Crippen LogP contribution in [0.25, 0.3) is 0 Å². The van der Waals surface area contributed by atoms with E-state index in [2.05, 4.69) is 5.43 Å². The van der Waals surface area contributed by atoms with E-state index >= 15 is 0 Å². The Hall–Kier alpha value is -1.75. The highest BCUT2D eigenvalue weighted by Crippen LogP contribution is 2.42. The van der Waals surface area contributed by atoms with Crippen LogP contribution in [0.1, 0.15) is 31.2 Å². The van der Waals surface area contributed by atoms with Gasteiger partial charge in [-0.2, -0.15) is 13.2 Å². The monoisotopic (exact) mass is 366 g/mol. The van der Waals surface area contributed by atoms with Crippen molar-refractivity contribution in [1.82, 2.24) is 5.43 Å². The molecular weight excluding hydrogens is 341 g/mol. The van der Waals surface area contributed by atoms with Crippen molar-refractivity contribution in [2.75, 3.05) is 31.8 Å². The maximum atomic E-state index is 13.2. The van der Waals surface area contributed by atoms with E-state index in [0.29, 0.717) is 32.4 Å². The summed E-state index contributed by atoms with van der Waals surface area (Å²) in [5, 5.41) is 9.10. The lowest BCUT2D eigenvalue weighted by Crippen LogP contribution is -2.23. The molecule has 0 unspecified atom stereocenters. The van der Waals surface area contributed by atoms with Crippen LogP contribution in [0.15, 0.2) is 12.1 Å². The van der Waals surface area contributed by atoms with Crippen LogP contribution in [0.4, 0.5) is 18.9 Å². The van der Waals surface area contributed by atoms with Gasteiger partial charge in [-0.05, 0) is 38.3 Å². The van der Waals surface area contributed by atoms with Crippen molar-refractivity contribution in [3.63, 3.8) is 0 Å². The minimum Gasteiger partial charge on any atom is -0.493 e. The SMILES string of the molecule is NCCCCOc1cc(OCCCCNN)c(C(F)(F)F)cc1NO. The Morgan fingerprint density at radius 2 is 1.64 bits per heavy atom. The second-order valence-corrected chi connectivity index (χ2v) is 5.31. The van der Waals surface area contributed by atoms with Gasteiger partial charge in [0.15, 0.2) is 0 Å². The standard InChI is InChI=1S/C15H25F3N4O3/c16-15(17,18)11-9-12(22-23)14(25-7-3-1-5-19)10-13(11)24-8-4-2-6-21-20/h9-10,21-23H,1-8,19-20H2. The van der Waals surface area contributed by atoms with Gasteiger partial charge in [-0.3, -0.25) is 22.0 Å². The number of benzene rings is 1. The van der Waals surface area contributed by atoms with Crippen LogP contribution in [0, 0.1) is 0 Å². The molecule has 0 aromatic heterocycles. The number of hydrogen-bond acceptors (Lipinski definition) is 7. The van der Waals surface area contributed by atoms with Gasteiger partial charge in [-0.15, -0.1) is 0 Å². The molecule has 0 fully saturated rings. The van der Waals surface area contributed by atoms with Gasteiger partial charge >= 0.3 is 6.18 Å². The van der Waals surface area contributed by atoms with E-state index in [1.807, 2.05) is 0 Å². The lowest BCUT2D eigenvalue weighted by atomic mass is 10.1. The summed E-state index contributed by atoms with van der Waals surface area (Å²) in [6.45, 7) is 1.40. The number of halogens is 3. The molecule has 0 bridgehead atoms. The van der Waals surface area contributed by atoms with Crippen molar-refractivity contribution < 1.29 is 27.9 Å². The fourth-order valence-corrected chi connectivity index (χ4v) is 2.05. The molecule has 1 aromatic carbocycles. The molecule has 144 valence electrons. The van der Waals surface area contributed by atoms with Crippen LogP contribution in [0.3, 0.4) is 0 Å². The lowest BCUT2D eigenvalue weighted by Gasteiger charge is -2.18. The van der Waals surface area contributed by atoms with E-state index in [1.165, 1.54) is 0 Å². The molecule has 0 aliphatic rings. The van der Waals surface area contributed by atoms with Gasteiger partial charge in [0.25, 0.3) is 0 Å². The summed E-state index contributed by atoms with van der Waals surface area (Å²) in [7, 11) is 0. The minimum absolute atomic E-state index is 0.0751. The summed E-state index contributed by atoms with van der Waals surface area (Å²) in [6, 6.07) is 1.89. The number of anilines is 1. The third kappa shape index (κ3) is 7.34. The number of nitrogens with one attached hydrogen (secondary N) is 2. The zero-order valence-electron chi connectivity index (χ0n) is 13.9. The molecule has 25 heavy (non-hydrogen) atoms. The maximum Gasteiger partial charge on any atom is 0.420 e. The summed E-state index contributed by atoms with van der Waals surface area (Å²) < 4.78 is 50.3. The van der Waals surface area contributed by atoms with E-state index in [4.69, 9.17) is 26.3 Å². The first-order valence-corrected chi connectivity index (χ1v) is 7.98. The molecule has 1 rings (SSSR count). The number of unbranched alkanes of at least 4 members (excludes halogenated alkanes) is 2. The number of hydrazine groups is 1. The summed E-state index contributed by atoms with van der Waals surface area (Å²) in [5.74, 6) is 4.86. The molecule has 0 atom stereocenters. The average molecular weight is 366 g/mol. The van der Waals surface area contributed by atoms with Crippen molar-refractivity contribution in [2.24, 2.45) is 11.6 Å². The van der Waals surface area contributed by atoms with Gasteiger partial charge < -0.3 is 15.2 Å². The first kappa shape index (κ1) is 21.3. The third-order valence-electron chi connectivity index (χ3n) is 3.34. The third-order valence-corrected chi connectivity index (χ3v) is 3.34. The van der Waals surface area contributed by atoms with Gasteiger partial charge in [0, 0.05) is 12.6 Å². The first-order chi connectivity index (χ1) is 11.9. The normalized spacial score (nSPS) is 11.4. The number of nitrogens with two attached hydrogens (primary N) is 2. The van der Waals surface area contributed by atoms with Gasteiger partial charge in [0.1, 0.15) is 17.2 Å². The molecule has 0 amide bonds. The molecule has 0 heterocycles. The van der Waals surface area contributed by atoms with Crippen molar-refractivity contribution in [1.29, 1.82) is 0 Å². The van der Waals surface area contributed by atoms with E-state index in [0.717, 1.165) is 18.6 Å². The Bertz CT molecular complexity index is 516. The van der Waals surface area contributed by atoms with E-state index in [9.17, 15) is 13.2 Å². The Balaban J connectivity index is 2.91. The topological polar surface area (TPSA) is 115 Å². The second-order valence-electron chi connectivity index (χ2n) is 5.31. The Morgan fingerprint density at radius 1 is 1.00 bits per heavy atom.